The summed E-state index contributed by atoms with van der Waals surface area (Å²) in [6.07, 6.45) is -0.792. The lowest BCUT2D eigenvalue weighted by Crippen LogP contribution is -2.37. The number of carbonyl (C=O) groups is 1. The van der Waals surface area contributed by atoms with Gasteiger partial charge in [0.05, 0.1) is 6.54 Å². The molecule has 4 nitrogen and oxygen atoms in total. The monoisotopic (exact) mass is 225 g/mol. The predicted molar refractivity (Wildman–Crippen MR) is 60.9 cm³/mol. The second-order valence-corrected chi connectivity index (χ2v) is 4.92. The highest BCUT2D eigenvalue weighted by Gasteiger charge is 2.22. The molecule has 1 aromatic rings. The van der Waals surface area contributed by atoms with Crippen LogP contribution in [0.4, 0.5) is 0 Å². The maximum absolute atomic E-state index is 11.6. The molecule has 0 aromatic carbocycles. The van der Waals surface area contributed by atoms with Gasteiger partial charge in [0.25, 0.3) is 0 Å². The maximum atomic E-state index is 11.6. The van der Waals surface area contributed by atoms with E-state index in [0.717, 1.165) is 5.76 Å². The number of aryl methyl sites for hydroxylation is 1. The Bertz CT molecular complexity index is 363. The molecule has 4 heteroatoms. The van der Waals surface area contributed by atoms with Crippen LogP contribution in [-0.4, -0.2) is 17.6 Å². The first-order chi connectivity index (χ1) is 7.30. The van der Waals surface area contributed by atoms with E-state index in [0.29, 0.717) is 5.76 Å². The summed E-state index contributed by atoms with van der Waals surface area (Å²) < 4.78 is 5.26. The normalized spacial score (nSPS) is 13.6. The highest BCUT2D eigenvalue weighted by molar-refractivity contribution is 5.81. The van der Waals surface area contributed by atoms with Gasteiger partial charge in [0.15, 0.2) is 0 Å². The van der Waals surface area contributed by atoms with Gasteiger partial charge in [-0.3, -0.25) is 4.79 Å². The van der Waals surface area contributed by atoms with Crippen molar-refractivity contribution >= 4 is 5.91 Å². The summed E-state index contributed by atoms with van der Waals surface area (Å²) in [5, 5.41) is 12.4. The number of rotatable bonds is 3. The number of nitrogens with one attached hydrogen (secondary N) is 1. The van der Waals surface area contributed by atoms with Crippen molar-refractivity contribution in [1.29, 1.82) is 0 Å². The molecule has 0 fully saturated rings. The lowest BCUT2D eigenvalue weighted by Gasteiger charge is -2.18. The minimum absolute atomic E-state index is 0.0881. The molecule has 90 valence electrons. The molecule has 0 radical (unpaired) electrons. The van der Waals surface area contributed by atoms with Crippen molar-refractivity contribution in [1.82, 2.24) is 5.32 Å². The molecule has 1 amide bonds. The van der Waals surface area contributed by atoms with Crippen LogP contribution in [0.3, 0.4) is 0 Å². The Hall–Kier alpha value is -1.29. The second-order valence-electron chi connectivity index (χ2n) is 4.92. The van der Waals surface area contributed by atoms with Crippen LogP contribution in [-0.2, 0) is 4.79 Å². The van der Waals surface area contributed by atoms with Gasteiger partial charge in [0.2, 0.25) is 5.91 Å². The highest BCUT2D eigenvalue weighted by atomic mass is 16.4. The third-order valence-corrected chi connectivity index (χ3v) is 2.23. The van der Waals surface area contributed by atoms with Gasteiger partial charge in [0, 0.05) is 5.41 Å². The molecule has 0 saturated carbocycles. The number of aliphatic hydroxyl groups is 1. The molecule has 1 aromatic heterocycles. The average Bonchev–Trinajstić information content (AvgIpc) is 2.59. The highest BCUT2D eigenvalue weighted by Crippen LogP contribution is 2.16. The topological polar surface area (TPSA) is 62.5 Å². The molecule has 0 bridgehead atoms. The van der Waals surface area contributed by atoms with E-state index in [4.69, 9.17) is 4.42 Å². The summed E-state index contributed by atoms with van der Waals surface area (Å²) in [7, 11) is 0. The first-order valence-corrected chi connectivity index (χ1v) is 5.33. The number of hydrogen-bond acceptors (Lipinski definition) is 3. The minimum Gasteiger partial charge on any atom is -0.464 e. The quantitative estimate of drug-likeness (QED) is 0.824. The van der Waals surface area contributed by atoms with E-state index in [1.807, 2.05) is 27.7 Å². The van der Waals surface area contributed by atoms with Crippen LogP contribution >= 0.6 is 0 Å². The van der Waals surface area contributed by atoms with Gasteiger partial charge < -0.3 is 14.8 Å². The number of carbonyl (C=O) groups excluding carboxylic acids is 1. The standard InChI is InChI=1S/C12H19NO3/c1-8-5-6-10(16-8)9(14)7-13-11(15)12(2,3)4/h5-6,9,14H,7H2,1-4H3,(H,13,15). The van der Waals surface area contributed by atoms with E-state index in [1.54, 1.807) is 12.1 Å². The van der Waals surface area contributed by atoms with Crippen LogP contribution in [0.1, 0.15) is 38.4 Å². The van der Waals surface area contributed by atoms with Crippen molar-refractivity contribution in [2.24, 2.45) is 5.41 Å². The van der Waals surface area contributed by atoms with Crippen LogP contribution in [0.2, 0.25) is 0 Å². The average molecular weight is 225 g/mol. The summed E-state index contributed by atoms with van der Waals surface area (Å²) >= 11 is 0. The van der Waals surface area contributed by atoms with E-state index < -0.39 is 11.5 Å². The third-order valence-electron chi connectivity index (χ3n) is 2.23. The van der Waals surface area contributed by atoms with Crippen LogP contribution in [0.25, 0.3) is 0 Å². The van der Waals surface area contributed by atoms with Gasteiger partial charge in [-0.15, -0.1) is 0 Å². The minimum atomic E-state index is -0.792. The molecule has 2 N–H and O–H groups in total. The smallest absolute Gasteiger partial charge is 0.225 e. The molecule has 0 aliphatic heterocycles. The Morgan fingerprint density at radius 3 is 2.56 bits per heavy atom. The van der Waals surface area contributed by atoms with Crippen molar-refractivity contribution in [3.8, 4) is 0 Å². The van der Waals surface area contributed by atoms with Gasteiger partial charge >= 0.3 is 0 Å². The number of furan rings is 1. The molecular formula is C12H19NO3. The summed E-state index contributed by atoms with van der Waals surface area (Å²) in [6, 6.07) is 3.49. The van der Waals surface area contributed by atoms with E-state index in [9.17, 15) is 9.90 Å². The van der Waals surface area contributed by atoms with Crippen LogP contribution in [0.5, 0.6) is 0 Å². The molecule has 1 heterocycles. The summed E-state index contributed by atoms with van der Waals surface area (Å²) in [5.74, 6) is 1.14. The van der Waals surface area contributed by atoms with E-state index >= 15 is 0 Å². The molecule has 0 aliphatic rings. The zero-order chi connectivity index (χ0) is 12.3. The number of aliphatic hydroxyl groups excluding tert-OH is 1. The largest absolute Gasteiger partial charge is 0.464 e. The Morgan fingerprint density at radius 1 is 1.50 bits per heavy atom. The van der Waals surface area contributed by atoms with Crippen LogP contribution in [0.15, 0.2) is 16.5 Å². The van der Waals surface area contributed by atoms with Gasteiger partial charge in [-0.1, -0.05) is 20.8 Å². The van der Waals surface area contributed by atoms with Crippen molar-refractivity contribution in [2.75, 3.05) is 6.54 Å². The van der Waals surface area contributed by atoms with Gasteiger partial charge in [-0.05, 0) is 19.1 Å². The predicted octanol–water partition coefficient (Wildman–Crippen LogP) is 1.78. The molecule has 1 atom stereocenters. The van der Waals surface area contributed by atoms with Gasteiger partial charge in [-0.25, -0.2) is 0 Å². The SMILES string of the molecule is Cc1ccc(C(O)CNC(=O)C(C)(C)C)o1. The van der Waals surface area contributed by atoms with Crippen molar-refractivity contribution in [3.63, 3.8) is 0 Å². The fraction of sp³-hybridized carbons (Fsp3) is 0.583. The summed E-state index contributed by atoms with van der Waals surface area (Å²) in [6.45, 7) is 7.45. The zero-order valence-electron chi connectivity index (χ0n) is 10.2. The van der Waals surface area contributed by atoms with Crippen molar-refractivity contribution in [2.45, 2.75) is 33.8 Å². The van der Waals surface area contributed by atoms with E-state index in [2.05, 4.69) is 5.32 Å². The molecule has 1 unspecified atom stereocenters. The van der Waals surface area contributed by atoms with Crippen LogP contribution < -0.4 is 5.32 Å². The lowest BCUT2D eigenvalue weighted by atomic mass is 9.95. The van der Waals surface area contributed by atoms with Gasteiger partial charge in [-0.2, -0.15) is 0 Å². The Balaban J connectivity index is 2.48. The number of amides is 1. The van der Waals surface area contributed by atoms with E-state index in [1.165, 1.54) is 0 Å². The Labute approximate surface area is 95.7 Å². The summed E-state index contributed by atoms with van der Waals surface area (Å²) in [4.78, 5) is 11.6. The lowest BCUT2D eigenvalue weighted by molar-refractivity contribution is -0.129. The Morgan fingerprint density at radius 2 is 2.12 bits per heavy atom. The Kier molecular flexibility index (Phi) is 3.75. The third kappa shape index (κ3) is 3.38. The van der Waals surface area contributed by atoms with Crippen LogP contribution in [0, 0.1) is 12.3 Å². The van der Waals surface area contributed by atoms with Gasteiger partial charge in [0.1, 0.15) is 17.6 Å². The fourth-order valence-corrected chi connectivity index (χ4v) is 1.19. The molecular weight excluding hydrogens is 206 g/mol. The molecule has 0 aliphatic carbocycles. The van der Waals surface area contributed by atoms with Crippen molar-refractivity contribution in [3.05, 3.63) is 23.7 Å². The molecule has 0 spiro atoms. The first kappa shape index (κ1) is 12.8. The summed E-state index contributed by atoms with van der Waals surface area (Å²) in [5.41, 5.74) is -0.446. The van der Waals surface area contributed by atoms with Crippen molar-refractivity contribution < 1.29 is 14.3 Å². The van der Waals surface area contributed by atoms with E-state index in [-0.39, 0.29) is 12.5 Å². The number of hydrogen-bond donors (Lipinski definition) is 2. The zero-order valence-corrected chi connectivity index (χ0v) is 10.2. The maximum Gasteiger partial charge on any atom is 0.225 e. The first-order valence-electron chi connectivity index (χ1n) is 5.33. The second kappa shape index (κ2) is 4.70. The molecule has 0 saturated heterocycles. The molecule has 16 heavy (non-hydrogen) atoms. The molecule has 1 rings (SSSR count). The fourth-order valence-electron chi connectivity index (χ4n) is 1.19.